The van der Waals surface area contributed by atoms with Crippen molar-refractivity contribution in [1.82, 2.24) is 0 Å². The summed E-state index contributed by atoms with van der Waals surface area (Å²) in [6.07, 6.45) is 20.8. The largest absolute Gasteiger partial charge is 0.0581 e. The number of hydrogen-bond acceptors (Lipinski definition) is 0. The Morgan fingerprint density at radius 3 is 1.12 bits per heavy atom. The molecule has 0 aliphatic heterocycles. The number of benzene rings is 2. The Bertz CT molecular complexity index is 888. The molecule has 168 valence electrons. The van der Waals surface area contributed by atoms with Crippen molar-refractivity contribution in [2.45, 2.75) is 102 Å². The van der Waals surface area contributed by atoms with Crippen LogP contribution in [0.5, 0.6) is 0 Å². The van der Waals surface area contributed by atoms with Crippen molar-refractivity contribution in [3.63, 3.8) is 0 Å². The van der Waals surface area contributed by atoms with Crippen LogP contribution in [-0.4, -0.2) is 0 Å². The Balaban J connectivity index is 1.29. The maximum atomic E-state index is 2.47. The molecule has 2 aromatic rings. The van der Waals surface area contributed by atoms with Crippen LogP contribution in [0.4, 0.5) is 0 Å². The molecule has 0 heteroatoms. The van der Waals surface area contributed by atoms with Crippen molar-refractivity contribution in [2.75, 3.05) is 0 Å². The summed E-state index contributed by atoms with van der Waals surface area (Å²) in [6, 6.07) is 19.1. The van der Waals surface area contributed by atoms with E-state index in [1.807, 2.05) is 0 Å². The minimum Gasteiger partial charge on any atom is -0.0581 e. The van der Waals surface area contributed by atoms with Gasteiger partial charge in [0.1, 0.15) is 0 Å². The normalized spacial score (nSPS) is 22.7. The van der Waals surface area contributed by atoms with Gasteiger partial charge in [0.25, 0.3) is 0 Å². The summed E-state index contributed by atoms with van der Waals surface area (Å²) in [5, 5.41) is 0. The lowest BCUT2D eigenvalue weighted by atomic mass is 9.71. The molecule has 0 spiro atoms. The van der Waals surface area contributed by atoms with Crippen LogP contribution in [0.2, 0.25) is 0 Å². The van der Waals surface area contributed by atoms with Crippen molar-refractivity contribution in [3.8, 4) is 0 Å². The Hall–Kier alpha value is -2.08. The van der Waals surface area contributed by atoms with Crippen molar-refractivity contribution in [2.24, 2.45) is 0 Å². The molecule has 0 bridgehead atoms. The van der Waals surface area contributed by atoms with E-state index in [4.69, 9.17) is 0 Å². The zero-order valence-electron chi connectivity index (χ0n) is 20.3. The van der Waals surface area contributed by atoms with Gasteiger partial charge >= 0.3 is 0 Å². The van der Waals surface area contributed by atoms with E-state index in [0.717, 1.165) is 12.8 Å². The predicted molar refractivity (Wildman–Crippen MR) is 139 cm³/mol. The third-order valence-corrected chi connectivity index (χ3v) is 8.97. The maximum Gasteiger partial charge on any atom is -0.00752 e. The smallest absolute Gasteiger partial charge is 0.00752 e. The fraction of sp³-hybridized carbons (Fsp3) is 0.500. The van der Waals surface area contributed by atoms with Gasteiger partial charge in [-0.1, -0.05) is 113 Å². The van der Waals surface area contributed by atoms with Gasteiger partial charge in [-0.05, 0) is 82.8 Å². The van der Waals surface area contributed by atoms with E-state index in [1.54, 1.807) is 11.1 Å². The van der Waals surface area contributed by atoms with Gasteiger partial charge in [0.05, 0.1) is 0 Å². The van der Waals surface area contributed by atoms with Crippen LogP contribution in [-0.2, 0) is 10.8 Å². The molecule has 2 aromatic carbocycles. The lowest BCUT2D eigenvalue weighted by Crippen LogP contribution is -2.24. The highest BCUT2D eigenvalue weighted by atomic mass is 14.3. The van der Waals surface area contributed by atoms with Crippen LogP contribution in [0.15, 0.2) is 60.7 Å². The van der Waals surface area contributed by atoms with Crippen molar-refractivity contribution >= 4 is 11.1 Å². The molecule has 2 saturated carbocycles. The first kappa shape index (κ1) is 21.7. The first-order chi connectivity index (χ1) is 15.6. The van der Waals surface area contributed by atoms with Crippen LogP contribution >= 0.6 is 0 Å². The monoisotopic (exact) mass is 424 g/mol. The summed E-state index contributed by atoms with van der Waals surface area (Å²) in [4.78, 5) is 0. The predicted octanol–water partition coefficient (Wildman–Crippen LogP) is 9.39. The van der Waals surface area contributed by atoms with Gasteiger partial charge in [-0.15, -0.1) is 0 Å². The molecule has 32 heavy (non-hydrogen) atoms. The minimum atomic E-state index is 0.394. The summed E-state index contributed by atoms with van der Waals surface area (Å²) in [5.74, 6) is 0. The van der Waals surface area contributed by atoms with Crippen LogP contribution < -0.4 is 0 Å². The number of allylic oxidation sites excluding steroid dienone is 4. The highest BCUT2D eigenvalue weighted by Crippen LogP contribution is 2.41. The van der Waals surface area contributed by atoms with E-state index in [1.165, 1.54) is 86.5 Å². The van der Waals surface area contributed by atoms with Crippen LogP contribution in [0.3, 0.4) is 0 Å². The average Bonchev–Trinajstić information content (AvgIpc) is 2.85. The minimum absolute atomic E-state index is 0.394. The third kappa shape index (κ3) is 4.39. The Labute approximate surface area is 195 Å². The molecular weight excluding hydrogens is 384 g/mol. The summed E-state index contributed by atoms with van der Waals surface area (Å²) in [7, 11) is 0. The molecule has 0 heterocycles. The molecule has 5 rings (SSSR count). The summed E-state index contributed by atoms with van der Waals surface area (Å²) in [5.41, 5.74) is 9.66. The van der Waals surface area contributed by atoms with Crippen molar-refractivity contribution in [1.29, 1.82) is 0 Å². The molecule has 0 nitrogen and oxygen atoms in total. The van der Waals surface area contributed by atoms with E-state index in [0.29, 0.717) is 10.8 Å². The molecule has 2 fully saturated rings. The van der Waals surface area contributed by atoms with Gasteiger partial charge in [0.2, 0.25) is 0 Å². The molecule has 0 saturated heterocycles. The number of rotatable bonds is 4. The number of hydrogen-bond donors (Lipinski definition) is 0. The second-order valence-electron chi connectivity index (χ2n) is 11.3. The van der Waals surface area contributed by atoms with Crippen molar-refractivity contribution in [3.05, 3.63) is 82.9 Å². The average molecular weight is 425 g/mol. The second-order valence-corrected chi connectivity index (χ2v) is 11.3. The zero-order valence-corrected chi connectivity index (χ0v) is 20.3. The standard InChI is InChI=1S/C32H40/c1-31(21-5-3-6-22-31)29-17-13-27(14-18-29)25-9-11-26(12-10-25)28-15-19-30(20-16-28)32(2)23-7-4-8-24-32/h9,11,13-20H,3-8,10,12,21-24H2,1-2H3. The van der Waals surface area contributed by atoms with E-state index in [9.17, 15) is 0 Å². The van der Waals surface area contributed by atoms with Gasteiger partial charge in [-0.3, -0.25) is 0 Å². The molecule has 0 unspecified atom stereocenters. The lowest BCUT2D eigenvalue weighted by Gasteiger charge is -2.34. The van der Waals surface area contributed by atoms with Crippen LogP contribution in [0.25, 0.3) is 11.1 Å². The maximum absolute atomic E-state index is 2.47. The molecule has 3 aliphatic rings. The van der Waals surface area contributed by atoms with Gasteiger partial charge in [0, 0.05) is 0 Å². The van der Waals surface area contributed by atoms with Gasteiger partial charge in [-0.2, -0.15) is 0 Å². The second kappa shape index (κ2) is 9.05. The quantitative estimate of drug-likeness (QED) is 0.458. The highest BCUT2D eigenvalue weighted by molar-refractivity contribution is 5.78. The third-order valence-electron chi connectivity index (χ3n) is 8.97. The van der Waals surface area contributed by atoms with Gasteiger partial charge < -0.3 is 0 Å². The zero-order chi connectivity index (χ0) is 22.0. The Morgan fingerprint density at radius 2 is 0.812 bits per heavy atom. The summed E-state index contributed by atoms with van der Waals surface area (Å²) >= 11 is 0. The van der Waals surface area contributed by atoms with Crippen molar-refractivity contribution < 1.29 is 0 Å². The molecule has 0 N–H and O–H groups in total. The summed E-state index contributed by atoms with van der Waals surface area (Å²) in [6.45, 7) is 4.94. The first-order valence-corrected chi connectivity index (χ1v) is 13.2. The molecule has 3 aliphatic carbocycles. The molecule has 0 aromatic heterocycles. The lowest BCUT2D eigenvalue weighted by molar-refractivity contribution is 0.319. The highest BCUT2D eigenvalue weighted by Gasteiger charge is 2.29. The van der Waals surface area contributed by atoms with E-state index in [2.05, 4.69) is 74.5 Å². The fourth-order valence-electron chi connectivity index (χ4n) is 6.53. The summed E-state index contributed by atoms with van der Waals surface area (Å²) < 4.78 is 0. The Kier molecular flexibility index (Phi) is 6.15. The van der Waals surface area contributed by atoms with E-state index in [-0.39, 0.29) is 0 Å². The van der Waals surface area contributed by atoms with E-state index >= 15 is 0 Å². The Morgan fingerprint density at radius 1 is 0.469 bits per heavy atom. The van der Waals surface area contributed by atoms with Crippen LogP contribution in [0, 0.1) is 0 Å². The molecule has 0 radical (unpaired) electrons. The van der Waals surface area contributed by atoms with E-state index < -0.39 is 0 Å². The van der Waals surface area contributed by atoms with Gasteiger partial charge in [-0.25, -0.2) is 0 Å². The molecule has 0 atom stereocenters. The van der Waals surface area contributed by atoms with Crippen LogP contribution in [0.1, 0.15) is 113 Å². The molecular formula is C32H40. The SMILES string of the molecule is CC1(c2ccc(C3=CC=C(c4ccc(C5(C)CCCCC5)cc4)CC3)cc2)CCCCC1. The molecule has 0 amide bonds. The van der Waals surface area contributed by atoms with Gasteiger partial charge in [0.15, 0.2) is 0 Å². The fourth-order valence-corrected chi connectivity index (χ4v) is 6.53. The first-order valence-electron chi connectivity index (χ1n) is 13.2. The topological polar surface area (TPSA) is 0 Å².